The number of ether oxygens (including phenoxy) is 3. The van der Waals surface area contributed by atoms with Gasteiger partial charge in [-0.25, -0.2) is 0 Å². The number of hydrogen-bond donors (Lipinski definition) is 1. The van der Waals surface area contributed by atoms with Gasteiger partial charge in [0.2, 0.25) is 0 Å². The van der Waals surface area contributed by atoms with Crippen LogP contribution in [0, 0.1) is 11.8 Å². The molecule has 0 aromatic heterocycles. The van der Waals surface area contributed by atoms with E-state index in [4.69, 9.17) is 14.2 Å². The van der Waals surface area contributed by atoms with E-state index >= 15 is 0 Å². The highest BCUT2D eigenvalue weighted by Crippen LogP contribution is 2.43. The summed E-state index contributed by atoms with van der Waals surface area (Å²) in [7, 11) is 0. The quantitative estimate of drug-likeness (QED) is 0.235. The van der Waals surface area contributed by atoms with E-state index in [0.717, 1.165) is 77.2 Å². The van der Waals surface area contributed by atoms with Crippen molar-refractivity contribution in [3.05, 3.63) is 12.2 Å². The minimum absolute atomic E-state index is 0.0341. The van der Waals surface area contributed by atoms with E-state index in [-0.39, 0.29) is 42.4 Å². The predicted octanol–water partition coefficient (Wildman–Crippen LogP) is 6.08. The summed E-state index contributed by atoms with van der Waals surface area (Å²) in [5, 5.41) is 10.6. The smallest absolute Gasteiger partial charge is 0.306 e. The maximum atomic E-state index is 12.4. The van der Waals surface area contributed by atoms with Crippen molar-refractivity contribution < 1.29 is 24.1 Å². The van der Waals surface area contributed by atoms with Gasteiger partial charge < -0.3 is 19.3 Å². The van der Waals surface area contributed by atoms with Gasteiger partial charge in [0.15, 0.2) is 6.29 Å². The second-order valence-corrected chi connectivity index (χ2v) is 10.1. The lowest BCUT2D eigenvalue weighted by molar-refractivity contribution is -0.196. The number of hydrogen-bond acceptors (Lipinski definition) is 5. The molecule has 1 saturated heterocycles. The maximum absolute atomic E-state index is 12.4. The Balaban J connectivity index is 1.59. The summed E-state index contributed by atoms with van der Waals surface area (Å²) in [6, 6.07) is 0. The summed E-state index contributed by atoms with van der Waals surface area (Å²) in [4.78, 5) is 12.4. The molecule has 1 N–H and O–H groups in total. The molecule has 0 aromatic rings. The highest BCUT2D eigenvalue weighted by molar-refractivity contribution is 5.69. The van der Waals surface area contributed by atoms with Crippen LogP contribution in [0.25, 0.3) is 0 Å². The zero-order valence-electron chi connectivity index (χ0n) is 20.2. The molecular weight excluding hydrogens is 404 g/mol. The number of fused-ring (bicyclic) bond motifs is 1. The molecule has 6 atom stereocenters. The lowest BCUT2D eigenvalue weighted by Crippen LogP contribution is -2.32. The zero-order chi connectivity index (χ0) is 22.6. The fourth-order valence-corrected chi connectivity index (χ4v) is 5.64. The SMILES string of the molecule is CCCCCCCC(O)CCC1C(OC2CCCCO2)CC2OC(=O)CCCC=CCC21. The van der Waals surface area contributed by atoms with Crippen molar-refractivity contribution in [2.45, 2.75) is 134 Å². The van der Waals surface area contributed by atoms with Crippen molar-refractivity contribution >= 4 is 5.97 Å². The number of carbonyl (C=O) groups is 1. The van der Waals surface area contributed by atoms with Gasteiger partial charge in [-0.05, 0) is 63.7 Å². The second kappa shape index (κ2) is 14.4. The van der Waals surface area contributed by atoms with Crippen molar-refractivity contribution in [3.63, 3.8) is 0 Å². The fraction of sp³-hybridized carbons (Fsp3) is 0.889. The monoisotopic (exact) mass is 450 g/mol. The number of allylic oxidation sites excluding steroid dienone is 2. The topological polar surface area (TPSA) is 65.0 Å². The Morgan fingerprint density at radius 3 is 2.81 bits per heavy atom. The molecule has 5 heteroatoms. The van der Waals surface area contributed by atoms with Gasteiger partial charge in [-0.2, -0.15) is 0 Å². The number of aliphatic hydroxyl groups is 1. The van der Waals surface area contributed by atoms with Crippen molar-refractivity contribution in [1.29, 1.82) is 0 Å². The van der Waals surface area contributed by atoms with Crippen LogP contribution in [0.1, 0.15) is 110 Å². The molecular formula is C27H46O5. The third-order valence-electron chi connectivity index (χ3n) is 7.52. The Morgan fingerprint density at radius 2 is 2.00 bits per heavy atom. The largest absolute Gasteiger partial charge is 0.462 e. The molecule has 2 heterocycles. The fourth-order valence-electron chi connectivity index (χ4n) is 5.64. The minimum atomic E-state index is -0.250. The number of aliphatic hydroxyl groups excluding tert-OH is 1. The first-order chi connectivity index (χ1) is 15.7. The summed E-state index contributed by atoms with van der Waals surface area (Å²) >= 11 is 0. The Hall–Kier alpha value is -0.910. The summed E-state index contributed by atoms with van der Waals surface area (Å²) in [5.41, 5.74) is 0. The zero-order valence-corrected chi connectivity index (χ0v) is 20.2. The molecule has 3 aliphatic rings. The molecule has 0 aromatic carbocycles. The average Bonchev–Trinajstić information content (AvgIpc) is 3.10. The first-order valence-corrected chi connectivity index (χ1v) is 13.5. The van der Waals surface area contributed by atoms with Crippen LogP contribution in [-0.4, -0.2) is 42.3 Å². The number of rotatable bonds is 11. The Bertz CT molecular complexity index is 556. The van der Waals surface area contributed by atoms with Gasteiger partial charge in [-0.15, -0.1) is 0 Å². The van der Waals surface area contributed by atoms with E-state index in [1.165, 1.54) is 25.7 Å². The molecule has 32 heavy (non-hydrogen) atoms. The van der Waals surface area contributed by atoms with Crippen LogP contribution in [0.15, 0.2) is 12.2 Å². The van der Waals surface area contributed by atoms with Crippen LogP contribution in [-0.2, 0) is 19.0 Å². The Kier molecular flexibility index (Phi) is 11.5. The van der Waals surface area contributed by atoms with Crippen LogP contribution in [0.5, 0.6) is 0 Å². The molecule has 2 fully saturated rings. The third kappa shape index (κ3) is 8.46. The summed E-state index contributed by atoms with van der Waals surface area (Å²) in [6.45, 7) is 3.00. The minimum Gasteiger partial charge on any atom is -0.462 e. The predicted molar refractivity (Wildman–Crippen MR) is 126 cm³/mol. The first-order valence-electron chi connectivity index (χ1n) is 13.5. The maximum Gasteiger partial charge on any atom is 0.306 e. The van der Waals surface area contributed by atoms with Gasteiger partial charge in [0.1, 0.15) is 6.10 Å². The third-order valence-corrected chi connectivity index (χ3v) is 7.52. The first kappa shape index (κ1) is 25.7. The van der Waals surface area contributed by atoms with E-state index in [1.807, 2.05) is 0 Å². The van der Waals surface area contributed by atoms with Crippen molar-refractivity contribution in [2.24, 2.45) is 11.8 Å². The number of unbranched alkanes of at least 4 members (excludes halogenated alkanes) is 4. The molecule has 5 nitrogen and oxygen atoms in total. The molecule has 184 valence electrons. The van der Waals surface area contributed by atoms with Gasteiger partial charge in [-0.1, -0.05) is 51.2 Å². The molecule has 0 amide bonds. The van der Waals surface area contributed by atoms with Crippen molar-refractivity contribution in [2.75, 3.05) is 6.61 Å². The lowest BCUT2D eigenvalue weighted by atomic mass is 9.85. The molecule has 6 unspecified atom stereocenters. The van der Waals surface area contributed by atoms with Crippen LogP contribution in [0.4, 0.5) is 0 Å². The molecule has 1 aliphatic carbocycles. The van der Waals surface area contributed by atoms with Crippen molar-refractivity contribution in [3.8, 4) is 0 Å². The second-order valence-electron chi connectivity index (χ2n) is 10.1. The van der Waals surface area contributed by atoms with Crippen LogP contribution < -0.4 is 0 Å². The molecule has 0 bridgehead atoms. The summed E-state index contributed by atoms with van der Waals surface area (Å²) < 4.78 is 18.3. The molecule has 3 rings (SSSR count). The molecule has 2 aliphatic heterocycles. The van der Waals surface area contributed by atoms with E-state index in [1.54, 1.807) is 0 Å². The highest BCUT2D eigenvalue weighted by Gasteiger charge is 2.46. The highest BCUT2D eigenvalue weighted by atomic mass is 16.7. The van der Waals surface area contributed by atoms with E-state index < -0.39 is 0 Å². The van der Waals surface area contributed by atoms with Crippen LogP contribution in [0.3, 0.4) is 0 Å². The van der Waals surface area contributed by atoms with E-state index in [2.05, 4.69) is 19.1 Å². The van der Waals surface area contributed by atoms with Gasteiger partial charge in [0.25, 0.3) is 0 Å². The number of esters is 1. The van der Waals surface area contributed by atoms with Gasteiger partial charge >= 0.3 is 5.97 Å². The molecule has 0 spiro atoms. The normalized spacial score (nSPS) is 32.3. The summed E-state index contributed by atoms with van der Waals surface area (Å²) in [5.74, 6) is 0.478. The molecule has 1 saturated carbocycles. The van der Waals surface area contributed by atoms with Crippen LogP contribution in [0.2, 0.25) is 0 Å². The van der Waals surface area contributed by atoms with Gasteiger partial charge in [0.05, 0.1) is 12.2 Å². The average molecular weight is 451 g/mol. The molecule has 0 radical (unpaired) electrons. The lowest BCUT2D eigenvalue weighted by Gasteiger charge is -2.30. The number of carbonyl (C=O) groups excluding carboxylic acids is 1. The summed E-state index contributed by atoms with van der Waals surface area (Å²) in [6.07, 6.45) is 19.9. The van der Waals surface area contributed by atoms with Gasteiger partial charge in [0, 0.05) is 25.4 Å². The van der Waals surface area contributed by atoms with Gasteiger partial charge in [-0.3, -0.25) is 4.79 Å². The van der Waals surface area contributed by atoms with Crippen LogP contribution >= 0.6 is 0 Å². The standard InChI is InChI=1S/C27H46O5/c1-2-3-4-5-8-13-21(28)17-18-23-22-14-9-6-7-10-15-26(29)31-24(22)20-25(23)32-27-16-11-12-19-30-27/h6,9,21-25,27-28H,2-5,7-8,10-20H2,1H3. The van der Waals surface area contributed by atoms with E-state index in [0.29, 0.717) is 6.42 Å². The van der Waals surface area contributed by atoms with E-state index in [9.17, 15) is 9.90 Å². The van der Waals surface area contributed by atoms with Crippen molar-refractivity contribution in [1.82, 2.24) is 0 Å². The Morgan fingerprint density at radius 1 is 1.12 bits per heavy atom. The Labute approximate surface area is 195 Å².